The van der Waals surface area contributed by atoms with E-state index < -0.39 is 10.0 Å². The van der Waals surface area contributed by atoms with Gasteiger partial charge in [0.05, 0.1) is 18.2 Å². The van der Waals surface area contributed by atoms with Crippen LogP contribution in [0, 0.1) is 11.3 Å². The van der Waals surface area contributed by atoms with Crippen LogP contribution in [0.4, 0.5) is 0 Å². The molecular weight excluding hydrogens is 290 g/mol. The van der Waals surface area contributed by atoms with Gasteiger partial charge in [-0.15, -0.1) is 0 Å². The molecule has 2 aromatic rings. The Kier molecular flexibility index (Phi) is 4.75. The number of nitriles is 1. The van der Waals surface area contributed by atoms with Gasteiger partial charge in [-0.1, -0.05) is 12.1 Å². The van der Waals surface area contributed by atoms with Crippen molar-refractivity contribution in [1.82, 2.24) is 10.0 Å². The quantitative estimate of drug-likeness (QED) is 0.840. The van der Waals surface area contributed by atoms with Crippen LogP contribution in [0.5, 0.6) is 0 Å². The van der Waals surface area contributed by atoms with Crippen molar-refractivity contribution in [2.45, 2.75) is 18.2 Å². The largest absolute Gasteiger partial charge is 0.447 e. The fourth-order valence-corrected chi connectivity index (χ4v) is 2.44. The van der Waals surface area contributed by atoms with Gasteiger partial charge in [-0.25, -0.2) is 13.1 Å². The average Bonchev–Trinajstić information content (AvgIpc) is 2.97. The molecule has 0 saturated carbocycles. The van der Waals surface area contributed by atoms with Gasteiger partial charge in [0.15, 0.2) is 0 Å². The van der Waals surface area contributed by atoms with E-state index in [0.717, 1.165) is 5.56 Å². The van der Waals surface area contributed by atoms with Crippen molar-refractivity contribution in [2.75, 3.05) is 7.05 Å². The minimum Gasteiger partial charge on any atom is -0.447 e. The zero-order valence-electron chi connectivity index (χ0n) is 11.5. The van der Waals surface area contributed by atoms with Crippen LogP contribution in [0.1, 0.15) is 16.9 Å². The molecule has 0 atom stereocenters. The minimum absolute atomic E-state index is 0.103. The number of rotatable bonds is 6. The summed E-state index contributed by atoms with van der Waals surface area (Å²) in [5.74, 6) is 0.528. The molecule has 0 aliphatic rings. The highest BCUT2D eigenvalue weighted by Crippen LogP contribution is 2.13. The zero-order chi connectivity index (χ0) is 15.3. The molecule has 0 unspecified atom stereocenters. The summed E-state index contributed by atoms with van der Waals surface area (Å²) in [7, 11) is -2.21. The molecule has 21 heavy (non-hydrogen) atoms. The van der Waals surface area contributed by atoms with E-state index in [1.165, 1.54) is 13.1 Å². The van der Waals surface area contributed by atoms with E-state index >= 15 is 0 Å². The van der Waals surface area contributed by atoms with Crippen LogP contribution in [-0.2, 0) is 23.1 Å². The Bertz CT molecular complexity index is 760. The highest BCUT2D eigenvalue weighted by Gasteiger charge is 2.15. The van der Waals surface area contributed by atoms with Gasteiger partial charge in [0, 0.05) is 6.54 Å². The Labute approximate surface area is 123 Å². The van der Waals surface area contributed by atoms with Crippen molar-refractivity contribution in [2.24, 2.45) is 0 Å². The second kappa shape index (κ2) is 6.54. The predicted octanol–water partition coefficient (Wildman–Crippen LogP) is 1.35. The molecule has 0 bridgehead atoms. The van der Waals surface area contributed by atoms with E-state index in [1.807, 2.05) is 12.1 Å². The highest BCUT2D eigenvalue weighted by molar-refractivity contribution is 7.89. The zero-order valence-corrected chi connectivity index (χ0v) is 12.3. The van der Waals surface area contributed by atoms with Crippen LogP contribution in [-0.4, -0.2) is 15.5 Å². The Balaban J connectivity index is 1.94. The lowest BCUT2D eigenvalue weighted by Crippen LogP contribution is -2.17. The van der Waals surface area contributed by atoms with E-state index in [2.05, 4.69) is 16.1 Å². The van der Waals surface area contributed by atoms with Crippen molar-refractivity contribution in [3.63, 3.8) is 0 Å². The van der Waals surface area contributed by atoms with Gasteiger partial charge < -0.3 is 9.73 Å². The average molecular weight is 305 g/mol. The molecule has 110 valence electrons. The number of hydrogen-bond donors (Lipinski definition) is 2. The molecule has 1 heterocycles. The van der Waals surface area contributed by atoms with Gasteiger partial charge in [0.1, 0.15) is 5.76 Å². The molecule has 0 amide bonds. The molecule has 6 nitrogen and oxygen atoms in total. The second-order valence-electron chi connectivity index (χ2n) is 4.34. The highest BCUT2D eigenvalue weighted by atomic mass is 32.2. The summed E-state index contributed by atoms with van der Waals surface area (Å²) >= 11 is 0. The molecule has 2 N–H and O–H groups in total. The summed E-state index contributed by atoms with van der Waals surface area (Å²) in [6, 6.07) is 12.4. The standard InChI is InChI=1S/C14H15N3O3S/c1-16-21(18,19)14-6-5-13(20-14)10-17-9-12-4-2-3-11(7-12)8-15/h2-7,16-17H,9-10H2,1H3. The first-order chi connectivity index (χ1) is 10.0. The Morgan fingerprint density at radius 1 is 1.24 bits per heavy atom. The number of sulfonamides is 1. The summed E-state index contributed by atoms with van der Waals surface area (Å²) < 4.78 is 30.5. The number of nitrogens with zero attached hydrogens (tertiary/aromatic N) is 1. The fourth-order valence-electron chi connectivity index (χ4n) is 1.78. The van der Waals surface area contributed by atoms with Crippen LogP contribution < -0.4 is 10.0 Å². The third-order valence-corrected chi connectivity index (χ3v) is 4.14. The molecular formula is C14H15N3O3S. The first kappa shape index (κ1) is 15.3. The lowest BCUT2D eigenvalue weighted by atomic mass is 10.1. The van der Waals surface area contributed by atoms with Gasteiger partial charge in [-0.3, -0.25) is 0 Å². The molecule has 0 aliphatic heterocycles. The van der Waals surface area contributed by atoms with Gasteiger partial charge >= 0.3 is 0 Å². The van der Waals surface area contributed by atoms with Crippen molar-refractivity contribution in [3.8, 4) is 6.07 Å². The third-order valence-electron chi connectivity index (χ3n) is 2.86. The molecule has 2 rings (SSSR count). The molecule has 1 aromatic heterocycles. The molecule has 0 aliphatic carbocycles. The lowest BCUT2D eigenvalue weighted by Gasteiger charge is -2.03. The van der Waals surface area contributed by atoms with Crippen molar-refractivity contribution < 1.29 is 12.8 Å². The topological polar surface area (TPSA) is 95.1 Å². The van der Waals surface area contributed by atoms with E-state index in [1.54, 1.807) is 18.2 Å². The van der Waals surface area contributed by atoms with Gasteiger partial charge in [0.2, 0.25) is 5.09 Å². The number of furan rings is 1. The summed E-state index contributed by atoms with van der Waals surface area (Å²) in [6.07, 6.45) is 0. The minimum atomic E-state index is -3.54. The van der Waals surface area contributed by atoms with Gasteiger partial charge in [-0.2, -0.15) is 5.26 Å². The lowest BCUT2D eigenvalue weighted by molar-refractivity contribution is 0.400. The van der Waals surface area contributed by atoms with Crippen LogP contribution in [0.25, 0.3) is 0 Å². The molecule has 1 aromatic carbocycles. The van der Waals surface area contributed by atoms with Crippen molar-refractivity contribution in [1.29, 1.82) is 5.26 Å². The monoisotopic (exact) mass is 305 g/mol. The Morgan fingerprint density at radius 2 is 2.05 bits per heavy atom. The van der Waals surface area contributed by atoms with E-state index in [9.17, 15) is 8.42 Å². The maximum atomic E-state index is 11.5. The van der Waals surface area contributed by atoms with Crippen LogP contribution in [0.2, 0.25) is 0 Å². The first-order valence-electron chi connectivity index (χ1n) is 6.27. The Morgan fingerprint density at radius 3 is 2.76 bits per heavy atom. The predicted molar refractivity (Wildman–Crippen MR) is 76.7 cm³/mol. The van der Waals surface area contributed by atoms with Crippen LogP contribution >= 0.6 is 0 Å². The van der Waals surface area contributed by atoms with Crippen molar-refractivity contribution >= 4 is 10.0 Å². The first-order valence-corrected chi connectivity index (χ1v) is 7.75. The van der Waals surface area contributed by atoms with Crippen molar-refractivity contribution in [3.05, 3.63) is 53.3 Å². The summed E-state index contributed by atoms with van der Waals surface area (Å²) in [5, 5.41) is 11.8. The van der Waals surface area contributed by atoms with Gasteiger partial charge in [-0.05, 0) is 36.9 Å². The number of nitrogens with one attached hydrogen (secondary N) is 2. The molecule has 0 fully saturated rings. The van der Waals surface area contributed by atoms with Crippen LogP contribution in [0.3, 0.4) is 0 Å². The van der Waals surface area contributed by atoms with E-state index in [4.69, 9.17) is 9.68 Å². The van der Waals surface area contributed by atoms with Crippen LogP contribution in [0.15, 0.2) is 45.9 Å². The molecule has 0 spiro atoms. The summed E-state index contributed by atoms with van der Waals surface area (Å²) in [6.45, 7) is 0.959. The van der Waals surface area contributed by atoms with Gasteiger partial charge in [0.25, 0.3) is 10.0 Å². The molecule has 0 radical (unpaired) electrons. The second-order valence-corrected chi connectivity index (χ2v) is 6.16. The van der Waals surface area contributed by atoms with E-state index in [-0.39, 0.29) is 5.09 Å². The molecule has 7 heteroatoms. The normalized spacial score (nSPS) is 11.2. The smallest absolute Gasteiger partial charge is 0.273 e. The van der Waals surface area contributed by atoms with E-state index in [0.29, 0.717) is 24.4 Å². The fraction of sp³-hybridized carbons (Fsp3) is 0.214. The summed E-state index contributed by atoms with van der Waals surface area (Å²) in [4.78, 5) is 0. The Hall–Kier alpha value is -2.14. The number of hydrogen-bond acceptors (Lipinski definition) is 5. The molecule has 0 saturated heterocycles. The number of benzene rings is 1. The maximum absolute atomic E-state index is 11.5. The third kappa shape index (κ3) is 3.92. The summed E-state index contributed by atoms with van der Waals surface area (Å²) in [5.41, 5.74) is 1.58. The maximum Gasteiger partial charge on any atom is 0.273 e. The SMILES string of the molecule is CNS(=O)(=O)c1ccc(CNCc2cccc(C#N)c2)o1.